The summed E-state index contributed by atoms with van der Waals surface area (Å²) in [6, 6.07) is 6.73. The number of aryl methyl sites for hydroxylation is 1. The van der Waals surface area contributed by atoms with Crippen molar-refractivity contribution in [3.63, 3.8) is 0 Å². The lowest BCUT2D eigenvalue weighted by Crippen LogP contribution is -2.20. The smallest absolute Gasteiger partial charge is 0.267 e. The number of rotatable bonds is 1. The van der Waals surface area contributed by atoms with E-state index in [0.717, 1.165) is 5.56 Å². The van der Waals surface area contributed by atoms with Crippen molar-refractivity contribution in [1.82, 2.24) is 14.8 Å². The first-order valence-corrected chi connectivity index (χ1v) is 4.61. The van der Waals surface area contributed by atoms with Gasteiger partial charge in [-0.2, -0.15) is 10.4 Å². The van der Waals surface area contributed by atoms with Crippen LogP contribution in [0.2, 0.25) is 0 Å². The van der Waals surface area contributed by atoms with Crippen molar-refractivity contribution in [2.45, 2.75) is 0 Å². The van der Waals surface area contributed by atoms with Crippen LogP contribution in [0.3, 0.4) is 0 Å². The fourth-order valence-electron chi connectivity index (χ4n) is 1.35. The van der Waals surface area contributed by atoms with Gasteiger partial charge in [0.25, 0.3) is 5.56 Å². The van der Waals surface area contributed by atoms with E-state index in [0.29, 0.717) is 5.69 Å². The van der Waals surface area contributed by atoms with Crippen LogP contribution in [0.4, 0.5) is 0 Å². The molecule has 2 heterocycles. The number of nitriles is 1. The summed E-state index contributed by atoms with van der Waals surface area (Å²) in [5.41, 5.74) is 1.23. The molecule has 0 spiro atoms. The van der Waals surface area contributed by atoms with Gasteiger partial charge in [-0.1, -0.05) is 0 Å². The molecule has 16 heavy (non-hydrogen) atoms. The Hall–Kier alpha value is -2.48. The Balaban J connectivity index is 2.71. The largest absolute Gasteiger partial charge is 0.268 e. The summed E-state index contributed by atoms with van der Waals surface area (Å²) in [4.78, 5) is 15.2. The average molecular weight is 212 g/mol. The van der Waals surface area contributed by atoms with Crippen LogP contribution in [0, 0.1) is 11.3 Å². The summed E-state index contributed by atoms with van der Waals surface area (Å²) in [6.07, 6.45) is 3.23. The van der Waals surface area contributed by atoms with Crippen LogP contribution in [0.5, 0.6) is 0 Å². The van der Waals surface area contributed by atoms with Crippen molar-refractivity contribution in [1.29, 1.82) is 5.26 Å². The molecule has 0 fully saturated rings. The third-order valence-electron chi connectivity index (χ3n) is 2.17. The summed E-state index contributed by atoms with van der Waals surface area (Å²) >= 11 is 0. The number of nitrogens with zero attached hydrogens (tertiary/aromatic N) is 4. The molecular weight excluding hydrogens is 204 g/mol. The fraction of sp³-hybridized carbons (Fsp3) is 0.0909. The fourth-order valence-corrected chi connectivity index (χ4v) is 1.35. The molecule has 0 radical (unpaired) electrons. The van der Waals surface area contributed by atoms with Gasteiger partial charge in [0.15, 0.2) is 0 Å². The summed E-state index contributed by atoms with van der Waals surface area (Å²) in [5.74, 6) is 0. The minimum Gasteiger partial charge on any atom is -0.268 e. The maximum atomic E-state index is 11.3. The molecular formula is C11H8N4O. The summed E-state index contributed by atoms with van der Waals surface area (Å²) in [6.45, 7) is 0. The minimum absolute atomic E-state index is 0.273. The lowest BCUT2D eigenvalue weighted by molar-refractivity contribution is 0.710. The molecule has 0 amide bonds. The topological polar surface area (TPSA) is 71.6 Å². The molecule has 2 aromatic heterocycles. The molecule has 2 aromatic rings. The molecule has 0 saturated heterocycles. The predicted octanol–water partition coefficient (Wildman–Crippen LogP) is 0.714. The van der Waals surface area contributed by atoms with Crippen molar-refractivity contribution >= 4 is 0 Å². The zero-order valence-corrected chi connectivity index (χ0v) is 8.58. The van der Waals surface area contributed by atoms with Crippen molar-refractivity contribution in [2.75, 3.05) is 0 Å². The first-order valence-electron chi connectivity index (χ1n) is 4.61. The SMILES string of the molecule is Cn1nc(-c2ccncc2)c(C#N)cc1=O. The predicted molar refractivity (Wildman–Crippen MR) is 57.4 cm³/mol. The molecule has 0 aliphatic heterocycles. The first kappa shape index (κ1) is 10.1. The highest BCUT2D eigenvalue weighted by Gasteiger charge is 2.08. The molecule has 0 aliphatic carbocycles. The van der Waals surface area contributed by atoms with Crippen LogP contribution in [0.1, 0.15) is 5.56 Å². The van der Waals surface area contributed by atoms with E-state index < -0.39 is 0 Å². The zero-order chi connectivity index (χ0) is 11.5. The monoisotopic (exact) mass is 212 g/mol. The second-order valence-electron chi connectivity index (χ2n) is 3.22. The van der Waals surface area contributed by atoms with Crippen LogP contribution in [-0.2, 0) is 7.05 Å². The van der Waals surface area contributed by atoms with Crippen LogP contribution in [0.25, 0.3) is 11.3 Å². The highest BCUT2D eigenvalue weighted by Crippen LogP contribution is 2.17. The highest BCUT2D eigenvalue weighted by atomic mass is 16.1. The van der Waals surface area contributed by atoms with Crippen LogP contribution < -0.4 is 5.56 Å². The third-order valence-corrected chi connectivity index (χ3v) is 2.17. The minimum atomic E-state index is -0.297. The molecule has 0 atom stereocenters. The summed E-state index contributed by atoms with van der Waals surface area (Å²) < 4.78 is 1.20. The Labute approximate surface area is 91.6 Å². The molecule has 0 unspecified atom stereocenters. The maximum absolute atomic E-state index is 11.3. The van der Waals surface area contributed by atoms with E-state index in [4.69, 9.17) is 5.26 Å². The second kappa shape index (κ2) is 3.95. The molecule has 5 nitrogen and oxygen atoms in total. The molecule has 0 aliphatic rings. The number of aromatic nitrogens is 3. The van der Waals surface area contributed by atoms with E-state index in [-0.39, 0.29) is 11.1 Å². The van der Waals surface area contributed by atoms with E-state index in [1.165, 1.54) is 10.7 Å². The van der Waals surface area contributed by atoms with Gasteiger partial charge in [0.05, 0.1) is 5.56 Å². The van der Waals surface area contributed by atoms with Crippen molar-refractivity contribution in [3.8, 4) is 17.3 Å². The van der Waals surface area contributed by atoms with Gasteiger partial charge in [0.1, 0.15) is 11.8 Å². The Morgan fingerprint density at radius 3 is 2.69 bits per heavy atom. The van der Waals surface area contributed by atoms with Crippen molar-refractivity contribution in [3.05, 3.63) is 46.5 Å². The van der Waals surface area contributed by atoms with E-state index in [2.05, 4.69) is 10.1 Å². The highest BCUT2D eigenvalue weighted by molar-refractivity contribution is 5.64. The van der Waals surface area contributed by atoms with Gasteiger partial charge in [0.2, 0.25) is 0 Å². The molecule has 0 N–H and O–H groups in total. The Morgan fingerprint density at radius 2 is 2.06 bits per heavy atom. The van der Waals surface area contributed by atoms with Gasteiger partial charge in [0, 0.05) is 31.1 Å². The number of hydrogen-bond acceptors (Lipinski definition) is 4. The van der Waals surface area contributed by atoms with Gasteiger partial charge in [-0.15, -0.1) is 0 Å². The zero-order valence-electron chi connectivity index (χ0n) is 8.58. The lowest BCUT2D eigenvalue weighted by Gasteiger charge is -2.04. The van der Waals surface area contributed by atoms with Crippen LogP contribution in [-0.4, -0.2) is 14.8 Å². The first-order chi connectivity index (χ1) is 7.72. The standard InChI is InChI=1S/C11H8N4O/c1-15-10(16)6-9(7-12)11(14-15)8-2-4-13-5-3-8/h2-6H,1H3. The van der Waals surface area contributed by atoms with E-state index >= 15 is 0 Å². The number of hydrogen-bond donors (Lipinski definition) is 0. The van der Waals surface area contributed by atoms with E-state index in [9.17, 15) is 4.79 Å². The van der Waals surface area contributed by atoms with Gasteiger partial charge >= 0.3 is 0 Å². The van der Waals surface area contributed by atoms with E-state index in [1.54, 1.807) is 31.6 Å². The Morgan fingerprint density at radius 1 is 1.38 bits per heavy atom. The third kappa shape index (κ3) is 1.68. The molecule has 2 rings (SSSR count). The quantitative estimate of drug-likeness (QED) is 0.698. The van der Waals surface area contributed by atoms with Crippen molar-refractivity contribution < 1.29 is 0 Å². The molecule has 78 valence electrons. The molecule has 5 heteroatoms. The van der Waals surface area contributed by atoms with Gasteiger partial charge in [-0.25, -0.2) is 4.68 Å². The average Bonchev–Trinajstić information content (AvgIpc) is 2.33. The van der Waals surface area contributed by atoms with Gasteiger partial charge in [-0.3, -0.25) is 9.78 Å². The molecule has 0 saturated carbocycles. The van der Waals surface area contributed by atoms with Crippen LogP contribution in [0.15, 0.2) is 35.4 Å². The summed E-state index contributed by atoms with van der Waals surface area (Å²) in [5, 5.41) is 13.0. The van der Waals surface area contributed by atoms with Crippen LogP contribution >= 0.6 is 0 Å². The Kier molecular flexibility index (Phi) is 2.48. The lowest BCUT2D eigenvalue weighted by atomic mass is 10.1. The van der Waals surface area contributed by atoms with Gasteiger partial charge < -0.3 is 0 Å². The van der Waals surface area contributed by atoms with Gasteiger partial charge in [-0.05, 0) is 12.1 Å². The summed E-state index contributed by atoms with van der Waals surface area (Å²) in [7, 11) is 1.55. The normalized spacial score (nSPS) is 9.75. The maximum Gasteiger partial charge on any atom is 0.267 e. The number of pyridine rings is 1. The second-order valence-corrected chi connectivity index (χ2v) is 3.22. The Bertz CT molecular complexity index is 610. The molecule has 0 aromatic carbocycles. The van der Waals surface area contributed by atoms with E-state index in [1.807, 2.05) is 6.07 Å². The van der Waals surface area contributed by atoms with Crippen molar-refractivity contribution in [2.24, 2.45) is 7.05 Å². The molecule has 0 bridgehead atoms.